The molecular formula is C13H19NSi. The largest absolute Gasteiger partial charge is 0.198 e. The van der Waals surface area contributed by atoms with Crippen LogP contribution in [0, 0.1) is 35.1 Å². The second-order valence-electron chi connectivity index (χ2n) is 4.26. The van der Waals surface area contributed by atoms with E-state index in [2.05, 4.69) is 36.5 Å². The molecular weight excluding hydrogens is 198 g/mol. The maximum absolute atomic E-state index is 8.45. The van der Waals surface area contributed by atoms with Crippen LogP contribution in [0.1, 0.15) is 32.1 Å². The first kappa shape index (κ1) is 13.8. The predicted molar refractivity (Wildman–Crippen MR) is 67.6 cm³/mol. The van der Waals surface area contributed by atoms with Gasteiger partial charge < -0.3 is 0 Å². The second-order valence-corrected chi connectivity index (χ2v) is 8.77. The van der Waals surface area contributed by atoms with Gasteiger partial charge in [-0.15, -0.1) is 23.8 Å². The molecule has 0 aliphatic rings. The van der Waals surface area contributed by atoms with Gasteiger partial charge in [0.05, 0.1) is 6.07 Å². The fraction of sp³-hybridized carbons (Fsp3) is 0.615. The van der Waals surface area contributed by atoms with E-state index in [4.69, 9.17) is 11.7 Å². The van der Waals surface area contributed by atoms with E-state index in [1.807, 2.05) is 0 Å². The van der Waals surface area contributed by atoms with Gasteiger partial charge in [0.2, 0.25) is 0 Å². The molecule has 1 nitrogen and oxygen atoms in total. The first-order valence-electron chi connectivity index (χ1n) is 5.43. The first-order chi connectivity index (χ1) is 7.12. The molecule has 0 spiro atoms. The van der Waals surface area contributed by atoms with Gasteiger partial charge in [0.25, 0.3) is 0 Å². The molecule has 0 fully saturated rings. The molecule has 2 heteroatoms. The summed E-state index contributed by atoms with van der Waals surface area (Å²) in [5.41, 5.74) is 3.39. The molecule has 0 bridgehead atoms. The molecule has 0 aromatic rings. The Morgan fingerprint density at radius 2 is 1.87 bits per heavy atom. The third kappa shape index (κ3) is 9.14. The highest BCUT2D eigenvalue weighted by Crippen LogP contribution is 2.12. The smallest absolute Gasteiger partial charge is 0.132 e. The van der Waals surface area contributed by atoms with Crippen LogP contribution in [0.2, 0.25) is 19.1 Å². The van der Waals surface area contributed by atoms with E-state index in [0.717, 1.165) is 31.7 Å². The minimum Gasteiger partial charge on any atom is -0.198 e. The average molecular weight is 217 g/mol. The van der Waals surface area contributed by atoms with E-state index in [1.165, 1.54) is 0 Å². The van der Waals surface area contributed by atoms with Crippen LogP contribution in [0.4, 0.5) is 0 Å². The molecule has 0 atom stereocenters. The number of rotatable bonds is 5. The van der Waals surface area contributed by atoms with E-state index in [9.17, 15) is 0 Å². The molecule has 0 heterocycles. The highest BCUT2D eigenvalue weighted by Gasteiger charge is 2.16. The van der Waals surface area contributed by atoms with Crippen molar-refractivity contribution < 1.29 is 0 Å². The SMILES string of the molecule is C#CCCCC#C[Si](C)(C)CCCC#N. The third-order valence-electron chi connectivity index (χ3n) is 2.14. The summed E-state index contributed by atoms with van der Waals surface area (Å²) >= 11 is 0. The summed E-state index contributed by atoms with van der Waals surface area (Å²) in [6, 6.07) is 3.30. The summed E-state index contributed by atoms with van der Waals surface area (Å²) in [5, 5.41) is 8.45. The highest BCUT2D eigenvalue weighted by molar-refractivity contribution is 6.85. The normalized spacial score (nSPS) is 9.60. The number of nitrogens with zero attached hydrogens (tertiary/aromatic N) is 1. The van der Waals surface area contributed by atoms with Crippen LogP contribution in [0.15, 0.2) is 0 Å². The lowest BCUT2D eigenvalue weighted by molar-refractivity contribution is 0.904. The number of terminal acetylenes is 1. The lowest BCUT2D eigenvalue weighted by Gasteiger charge is -2.12. The van der Waals surface area contributed by atoms with Gasteiger partial charge in [-0.25, -0.2) is 0 Å². The summed E-state index contributed by atoms with van der Waals surface area (Å²) in [5.74, 6) is 5.84. The Hall–Kier alpha value is -1.17. The second kappa shape index (κ2) is 8.16. The number of hydrogen-bond acceptors (Lipinski definition) is 1. The van der Waals surface area contributed by atoms with Crippen LogP contribution in [-0.4, -0.2) is 8.07 Å². The Kier molecular flexibility index (Phi) is 7.52. The molecule has 15 heavy (non-hydrogen) atoms. The van der Waals surface area contributed by atoms with Gasteiger partial charge in [0, 0.05) is 19.3 Å². The molecule has 0 saturated heterocycles. The summed E-state index contributed by atoms with van der Waals surface area (Å²) in [6.07, 6.45) is 9.56. The standard InChI is InChI=1S/C13H19NSi/c1-4-5-6-7-9-12-15(2,3)13-10-8-11-14/h1H,5-8,10,13H2,2-3H3. The Bertz CT molecular complexity index is 306. The van der Waals surface area contributed by atoms with Crippen LogP contribution in [0.3, 0.4) is 0 Å². The molecule has 0 aliphatic carbocycles. The van der Waals surface area contributed by atoms with Crippen molar-refractivity contribution in [1.29, 1.82) is 5.26 Å². The van der Waals surface area contributed by atoms with Gasteiger partial charge in [-0.05, 0) is 18.9 Å². The number of hydrogen-bond donors (Lipinski definition) is 0. The van der Waals surface area contributed by atoms with E-state index in [-0.39, 0.29) is 0 Å². The van der Waals surface area contributed by atoms with Crippen molar-refractivity contribution in [3.63, 3.8) is 0 Å². The molecule has 0 saturated carbocycles. The Morgan fingerprint density at radius 3 is 2.47 bits per heavy atom. The van der Waals surface area contributed by atoms with Crippen LogP contribution in [0.25, 0.3) is 0 Å². The van der Waals surface area contributed by atoms with Crippen molar-refractivity contribution in [2.75, 3.05) is 0 Å². The zero-order chi connectivity index (χ0) is 11.6. The van der Waals surface area contributed by atoms with E-state index < -0.39 is 8.07 Å². The van der Waals surface area contributed by atoms with Crippen LogP contribution in [0.5, 0.6) is 0 Å². The van der Waals surface area contributed by atoms with Crippen LogP contribution >= 0.6 is 0 Å². The van der Waals surface area contributed by atoms with Crippen molar-refractivity contribution in [2.24, 2.45) is 0 Å². The van der Waals surface area contributed by atoms with E-state index >= 15 is 0 Å². The Labute approximate surface area is 94.9 Å². The number of unbranched alkanes of at least 4 members (excludes halogenated alkanes) is 3. The van der Waals surface area contributed by atoms with Crippen molar-refractivity contribution in [1.82, 2.24) is 0 Å². The quantitative estimate of drug-likeness (QED) is 0.393. The van der Waals surface area contributed by atoms with Gasteiger partial charge >= 0.3 is 0 Å². The maximum Gasteiger partial charge on any atom is 0.132 e. The molecule has 80 valence electrons. The maximum atomic E-state index is 8.45. The molecule has 0 radical (unpaired) electrons. The topological polar surface area (TPSA) is 23.8 Å². The zero-order valence-electron chi connectivity index (χ0n) is 9.77. The molecule has 0 rings (SSSR count). The molecule has 0 amide bonds. The molecule has 0 N–H and O–H groups in total. The summed E-state index contributed by atoms with van der Waals surface area (Å²) in [7, 11) is -1.36. The first-order valence-corrected chi connectivity index (χ1v) is 8.63. The minimum absolute atomic E-state index is 0.662. The average Bonchev–Trinajstić information content (AvgIpc) is 2.17. The van der Waals surface area contributed by atoms with E-state index in [0.29, 0.717) is 6.42 Å². The fourth-order valence-electron chi connectivity index (χ4n) is 1.25. The minimum atomic E-state index is -1.36. The Morgan fingerprint density at radius 1 is 1.13 bits per heavy atom. The van der Waals surface area contributed by atoms with Crippen molar-refractivity contribution >= 4 is 8.07 Å². The summed E-state index contributed by atoms with van der Waals surface area (Å²) in [6.45, 7) is 4.52. The summed E-state index contributed by atoms with van der Waals surface area (Å²) in [4.78, 5) is 0. The van der Waals surface area contributed by atoms with Crippen molar-refractivity contribution in [3.05, 3.63) is 0 Å². The van der Waals surface area contributed by atoms with Gasteiger partial charge in [-0.2, -0.15) is 5.26 Å². The van der Waals surface area contributed by atoms with Crippen LogP contribution < -0.4 is 0 Å². The molecule has 0 aromatic heterocycles. The lowest BCUT2D eigenvalue weighted by Crippen LogP contribution is -2.22. The molecule has 0 unspecified atom stereocenters. The van der Waals surface area contributed by atoms with Gasteiger partial charge in [-0.3, -0.25) is 0 Å². The van der Waals surface area contributed by atoms with Crippen molar-refractivity contribution in [3.8, 4) is 29.9 Å². The van der Waals surface area contributed by atoms with Gasteiger partial charge in [0.15, 0.2) is 0 Å². The molecule has 0 aliphatic heterocycles. The van der Waals surface area contributed by atoms with Crippen LogP contribution in [-0.2, 0) is 0 Å². The third-order valence-corrected chi connectivity index (χ3v) is 4.60. The zero-order valence-corrected chi connectivity index (χ0v) is 10.8. The van der Waals surface area contributed by atoms with Crippen molar-refractivity contribution in [2.45, 2.75) is 51.2 Å². The predicted octanol–water partition coefficient (Wildman–Crippen LogP) is 3.34. The Balaban J connectivity index is 3.81. The summed E-state index contributed by atoms with van der Waals surface area (Å²) < 4.78 is 0. The van der Waals surface area contributed by atoms with E-state index in [1.54, 1.807) is 0 Å². The monoisotopic (exact) mass is 217 g/mol. The highest BCUT2D eigenvalue weighted by atomic mass is 28.3. The molecule has 0 aromatic carbocycles. The van der Waals surface area contributed by atoms with Gasteiger partial charge in [0.1, 0.15) is 8.07 Å². The lowest BCUT2D eigenvalue weighted by atomic mass is 10.2. The fourth-order valence-corrected chi connectivity index (χ4v) is 3.04. The number of nitriles is 1. The van der Waals surface area contributed by atoms with Gasteiger partial charge in [-0.1, -0.05) is 13.1 Å².